The predicted octanol–water partition coefficient (Wildman–Crippen LogP) is 5.92. The van der Waals surface area contributed by atoms with E-state index in [4.69, 9.17) is 4.43 Å². The molecule has 0 N–H and O–H groups in total. The first-order chi connectivity index (χ1) is 8.21. The fourth-order valence-electron chi connectivity index (χ4n) is 3.25. The monoisotopic (exact) mass is 284 g/mol. The molecular formula is C15H28OSSi. The Balaban J connectivity index is 3.16. The zero-order chi connectivity index (χ0) is 14.1. The van der Waals surface area contributed by atoms with Crippen molar-refractivity contribution in [1.82, 2.24) is 0 Å². The number of thiophene rings is 1. The van der Waals surface area contributed by atoms with Crippen LogP contribution in [0, 0.1) is 13.8 Å². The Morgan fingerprint density at radius 2 is 1.39 bits per heavy atom. The third kappa shape index (κ3) is 2.82. The highest BCUT2D eigenvalue weighted by Crippen LogP contribution is 2.44. The molecule has 0 aromatic carbocycles. The van der Waals surface area contributed by atoms with Crippen molar-refractivity contribution in [3.8, 4) is 5.75 Å². The second-order valence-corrected chi connectivity index (χ2v) is 13.0. The van der Waals surface area contributed by atoms with Gasteiger partial charge in [0.05, 0.1) is 0 Å². The number of hydrogen-bond donors (Lipinski definition) is 0. The van der Waals surface area contributed by atoms with Crippen LogP contribution >= 0.6 is 11.3 Å². The summed E-state index contributed by atoms with van der Waals surface area (Å²) in [6.07, 6.45) is 0. The van der Waals surface area contributed by atoms with Crippen LogP contribution in [0.1, 0.15) is 51.3 Å². The quantitative estimate of drug-likeness (QED) is 0.610. The first-order valence-corrected chi connectivity index (χ1v) is 9.93. The molecule has 0 saturated heterocycles. The molecule has 0 amide bonds. The van der Waals surface area contributed by atoms with Gasteiger partial charge < -0.3 is 4.43 Å². The second-order valence-electron chi connectivity index (χ2n) is 6.20. The van der Waals surface area contributed by atoms with E-state index < -0.39 is 8.32 Å². The Kier molecular flexibility index (Phi) is 5.07. The summed E-state index contributed by atoms with van der Waals surface area (Å²) in [4.78, 5) is 2.67. The molecule has 0 aliphatic heterocycles. The Morgan fingerprint density at radius 3 is 1.67 bits per heavy atom. The van der Waals surface area contributed by atoms with Gasteiger partial charge in [-0.15, -0.1) is 11.3 Å². The maximum atomic E-state index is 6.69. The normalized spacial score (nSPS) is 12.8. The van der Waals surface area contributed by atoms with E-state index in [0.717, 1.165) is 5.75 Å². The molecule has 1 rings (SSSR count). The van der Waals surface area contributed by atoms with E-state index in [-0.39, 0.29) is 0 Å². The Hall–Kier alpha value is -0.283. The van der Waals surface area contributed by atoms with Gasteiger partial charge in [0.1, 0.15) is 5.75 Å². The number of rotatable bonds is 5. The zero-order valence-corrected chi connectivity index (χ0v) is 14.9. The first-order valence-electron chi connectivity index (χ1n) is 6.97. The number of hydrogen-bond acceptors (Lipinski definition) is 2. The molecule has 0 spiro atoms. The molecule has 0 atom stereocenters. The molecule has 0 saturated carbocycles. The summed E-state index contributed by atoms with van der Waals surface area (Å²) in [7, 11) is -1.78. The molecule has 0 radical (unpaired) electrons. The van der Waals surface area contributed by atoms with Crippen LogP contribution in [0.3, 0.4) is 0 Å². The highest BCUT2D eigenvalue weighted by Gasteiger charge is 2.47. The van der Waals surface area contributed by atoms with Gasteiger partial charge in [0.15, 0.2) is 0 Å². The molecule has 0 fully saturated rings. The molecular weight excluding hydrogens is 256 g/mol. The summed E-state index contributed by atoms with van der Waals surface area (Å²) in [5.41, 5.74) is 1.91. The molecule has 0 unspecified atom stereocenters. The van der Waals surface area contributed by atoms with Crippen molar-refractivity contribution >= 4 is 19.7 Å². The molecule has 104 valence electrons. The van der Waals surface area contributed by atoms with E-state index in [1.54, 1.807) is 0 Å². The average Bonchev–Trinajstić information content (AvgIpc) is 2.51. The minimum Gasteiger partial charge on any atom is -0.542 e. The third-order valence-electron chi connectivity index (χ3n) is 3.99. The summed E-state index contributed by atoms with van der Waals surface area (Å²) in [5.74, 6) is 1.14. The highest BCUT2D eigenvalue weighted by molar-refractivity contribution is 7.12. The van der Waals surface area contributed by atoms with Gasteiger partial charge in [0.25, 0.3) is 8.32 Å². The van der Waals surface area contributed by atoms with Crippen LogP contribution in [0.25, 0.3) is 0 Å². The molecule has 0 aliphatic carbocycles. The van der Waals surface area contributed by atoms with Crippen molar-refractivity contribution in [2.75, 3.05) is 0 Å². The van der Waals surface area contributed by atoms with E-state index in [9.17, 15) is 0 Å². The van der Waals surface area contributed by atoms with E-state index >= 15 is 0 Å². The lowest BCUT2D eigenvalue weighted by molar-refractivity contribution is 0.479. The molecule has 1 nitrogen and oxygen atoms in total. The van der Waals surface area contributed by atoms with Crippen LogP contribution in [-0.4, -0.2) is 8.32 Å². The summed E-state index contributed by atoms with van der Waals surface area (Å²) in [6, 6.07) is 2.22. The Bertz CT molecular complexity index is 371. The van der Waals surface area contributed by atoms with Crippen LogP contribution in [0.15, 0.2) is 6.07 Å². The van der Waals surface area contributed by atoms with Crippen LogP contribution < -0.4 is 4.43 Å². The lowest BCUT2D eigenvalue weighted by Crippen LogP contribution is -2.50. The van der Waals surface area contributed by atoms with E-state index in [1.165, 1.54) is 9.75 Å². The van der Waals surface area contributed by atoms with Crippen LogP contribution in [0.4, 0.5) is 0 Å². The average molecular weight is 285 g/mol. The molecule has 1 heterocycles. The molecule has 18 heavy (non-hydrogen) atoms. The highest BCUT2D eigenvalue weighted by atomic mass is 32.1. The first kappa shape index (κ1) is 15.8. The summed E-state index contributed by atoms with van der Waals surface area (Å²) < 4.78 is 6.69. The predicted molar refractivity (Wildman–Crippen MR) is 85.5 cm³/mol. The summed E-state index contributed by atoms with van der Waals surface area (Å²) >= 11 is 1.84. The zero-order valence-electron chi connectivity index (χ0n) is 13.1. The summed E-state index contributed by atoms with van der Waals surface area (Å²) in [5, 5.41) is 0. The van der Waals surface area contributed by atoms with Crippen molar-refractivity contribution in [1.29, 1.82) is 0 Å². The second kappa shape index (κ2) is 5.79. The Morgan fingerprint density at radius 1 is 0.944 bits per heavy atom. The maximum Gasteiger partial charge on any atom is 0.258 e. The standard InChI is InChI=1S/C15H28OSSi/c1-10(2)18(11(3)4,12(5)6)16-15-9-13(7)17-14(15)8/h9-12H,1-8H3. The lowest BCUT2D eigenvalue weighted by Gasteiger charge is -2.42. The maximum absolute atomic E-state index is 6.69. The molecule has 0 bridgehead atoms. The van der Waals surface area contributed by atoms with Crippen molar-refractivity contribution in [2.45, 2.75) is 72.0 Å². The lowest BCUT2D eigenvalue weighted by atomic mass is 10.4. The fourth-order valence-corrected chi connectivity index (χ4v) is 9.48. The largest absolute Gasteiger partial charge is 0.542 e. The van der Waals surface area contributed by atoms with Crippen LogP contribution in [-0.2, 0) is 0 Å². The van der Waals surface area contributed by atoms with Gasteiger partial charge >= 0.3 is 0 Å². The topological polar surface area (TPSA) is 9.23 Å². The Labute approximate surface area is 118 Å². The fraction of sp³-hybridized carbons (Fsp3) is 0.733. The van der Waals surface area contributed by atoms with Gasteiger partial charge in [-0.25, -0.2) is 0 Å². The van der Waals surface area contributed by atoms with Crippen molar-refractivity contribution in [3.05, 3.63) is 15.8 Å². The van der Waals surface area contributed by atoms with E-state index in [0.29, 0.717) is 16.6 Å². The van der Waals surface area contributed by atoms with Gasteiger partial charge in [0, 0.05) is 9.75 Å². The van der Waals surface area contributed by atoms with E-state index in [2.05, 4.69) is 61.5 Å². The summed E-state index contributed by atoms with van der Waals surface area (Å²) in [6.45, 7) is 18.3. The van der Waals surface area contributed by atoms with Crippen molar-refractivity contribution in [2.24, 2.45) is 0 Å². The SMILES string of the molecule is Cc1cc(O[Si](C(C)C)(C(C)C)C(C)C)c(C)s1. The van der Waals surface area contributed by atoms with Gasteiger partial charge in [0.2, 0.25) is 0 Å². The van der Waals surface area contributed by atoms with Gasteiger partial charge in [-0.1, -0.05) is 41.5 Å². The minimum atomic E-state index is -1.78. The van der Waals surface area contributed by atoms with Gasteiger partial charge in [-0.05, 0) is 36.5 Å². The number of aryl methyl sites for hydroxylation is 2. The smallest absolute Gasteiger partial charge is 0.258 e. The minimum absolute atomic E-state index is 0.636. The van der Waals surface area contributed by atoms with E-state index in [1.807, 2.05) is 11.3 Å². The van der Waals surface area contributed by atoms with Gasteiger partial charge in [-0.3, -0.25) is 0 Å². The van der Waals surface area contributed by atoms with Crippen molar-refractivity contribution < 1.29 is 4.43 Å². The molecule has 0 aliphatic rings. The van der Waals surface area contributed by atoms with Crippen molar-refractivity contribution in [3.63, 3.8) is 0 Å². The third-order valence-corrected chi connectivity index (χ3v) is 10.9. The van der Waals surface area contributed by atoms with Crippen LogP contribution in [0.2, 0.25) is 16.6 Å². The molecule has 3 heteroatoms. The molecule has 1 aromatic rings. The van der Waals surface area contributed by atoms with Crippen LogP contribution in [0.5, 0.6) is 5.75 Å². The van der Waals surface area contributed by atoms with Gasteiger partial charge in [-0.2, -0.15) is 0 Å². The molecule has 1 aromatic heterocycles.